The van der Waals surface area contributed by atoms with Gasteiger partial charge in [0.2, 0.25) is 5.91 Å². The zero-order valence-corrected chi connectivity index (χ0v) is 13.2. The van der Waals surface area contributed by atoms with Crippen LogP contribution in [0.25, 0.3) is 0 Å². The molecule has 0 bridgehead atoms. The molecule has 0 radical (unpaired) electrons. The lowest BCUT2D eigenvalue weighted by Gasteiger charge is -2.19. The van der Waals surface area contributed by atoms with Crippen molar-refractivity contribution in [2.75, 3.05) is 43.9 Å². The summed E-state index contributed by atoms with van der Waals surface area (Å²) in [7, 11) is 2.06. The van der Waals surface area contributed by atoms with Gasteiger partial charge in [0.25, 0.3) is 5.91 Å². The van der Waals surface area contributed by atoms with Gasteiger partial charge in [-0.15, -0.1) is 0 Å². The predicted molar refractivity (Wildman–Crippen MR) is 88.3 cm³/mol. The van der Waals surface area contributed by atoms with Crippen molar-refractivity contribution >= 4 is 23.2 Å². The number of carbonyl (C=O) groups excluding carboxylic acids is 2. The molecule has 1 aliphatic rings. The van der Waals surface area contributed by atoms with Gasteiger partial charge < -0.3 is 20.9 Å². The molecule has 6 heteroatoms. The summed E-state index contributed by atoms with van der Waals surface area (Å²) in [5.74, 6) is -0.214. The Morgan fingerprint density at radius 2 is 2.14 bits per heavy atom. The summed E-state index contributed by atoms with van der Waals surface area (Å²) >= 11 is 0. The smallest absolute Gasteiger partial charge is 0.251 e. The van der Waals surface area contributed by atoms with Crippen molar-refractivity contribution in [3.8, 4) is 0 Å². The topological polar surface area (TPSA) is 73.5 Å². The van der Waals surface area contributed by atoms with E-state index in [1.54, 1.807) is 12.1 Å². The summed E-state index contributed by atoms with van der Waals surface area (Å²) in [6.45, 7) is 4.92. The Morgan fingerprint density at radius 3 is 2.91 bits per heavy atom. The van der Waals surface area contributed by atoms with Crippen LogP contribution in [0.5, 0.6) is 0 Å². The van der Waals surface area contributed by atoms with Crippen LogP contribution < -0.4 is 16.0 Å². The number of rotatable bonds is 7. The van der Waals surface area contributed by atoms with Crippen LogP contribution in [0.2, 0.25) is 0 Å². The number of anilines is 2. The molecule has 1 heterocycles. The monoisotopic (exact) mass is 304 g/mol. The molecule has 0 atom stereocenters. The molecule has 22 heavy (non-hydrogen) atoms. The van der Waals surface area contributed by atoms with Gasteiger partial charge in [0.15, 0.2) is 0 Å². The lowest BCUT2D eigenvalue weighted by atomic mass is 10.1. The van der Waals surface area contributed by atoms with E-state index >= 15 is 0 Å². The fourth-order valence-corrected chi connectivity index (χ4v) is 2.32. The molecule has 0 saturated carbocycles. The Balaban J connectivity index is 1.85. The molecule has 0 aromatic heterocycles. The highest BCUT2D eigenvalue weighted by Crippen LogP contribution is 2.25. The molecular weight excluding hydrogens is 280 g/mol. The second-order valence-electron chi connectivity index (χ2n) is 5.57. The first-order valence-corrected chi connectivity index (χ1v) is 7.74. The van der Waals surface area contributed by atoms with Crippen LogP contribution in [0.4, 0.5) is 11.4 Å². The molecule has 0 unspecified atom stereocenters. The third-order valence-corrected chi connectivity index (χ3v) is 3.67. The van der Waals surface area contributed by atoms with Crippen molar-refractivity contribution < 1.29 is 9.59 Å². The summed E-state index contributed by atoms with van der Waals surface area (Å²) in [6, 6.07) is 5.28. The summed E-state index contributed by atoms with van der Waals surface area (Å²) in [4.78, 5) is 25.7. The van der Waals surface area contributed by atoms with Gasteiger partial charge in [0.1, 0.15) is 0 Å². The third kappa shape index (κ3) is 4.46. The highest BCUT2D eigenvalue weighted by Gasteiger charge is 2.16. The Labute approximate surface area is 131 Å². The van der Waals surface area contributed by atoms with E-state index in [0.717, 1.165) is 18.8 Å². The maximum Gasteiger partial charge on any atom is 0.251 e. The number of hydrogen-bond acceptors (Lipinski definition) is 4. The first kappa shape index (κ1) is 16.3. The van der Waals surface area contributed by atoms with Crippen LogP contribution in [0.1, 0.15) is 30.1 Å². The van der Waals surface area contributed by atoms with Crippen LogP contribution in [-0.2, 0) is 4.79 Å². The molecule has 3 N–H and O–H groups in total. The first-order chi connectivity index (χ1) is 10.6. The van der Waals surface area contributed by atoms with Crippen molar-refractivity contribution in [2.45, 2.75) is 19.8 Å². The molecule has 0 fully saturated rings. The van der Waals surface area contributed by atoms with E-state index in [0.29, 0.717) is 17.8 Å². The minimum absolute atomic E-state index is 0.0948. The lowest BCUT2D eigenvalue weighted by Crippen LogP contribution is -2.33. The minimum atomic E-state index is -0.119. The van der Waals surface area contributed by atoms with Gasteiger partial charge in [-0.3, -0.25) is 9.59 Å². The molecule has 1 aliphatic heterocycles. The van der Waals surface area contributed by atoms with Crippen molar-refractivity contribution in [1.82, 2.24) is 10.2 Å². The molecule has 0 spiro atoms. The van der Waals surface area contributed by atoms with Gasteiger partial charge in [-0.25, -0.2) is 0 Å². The summed E-state index contributed by atoms with van der Waals surface area (Å²) in [5.41, 5.74) is 2.05. The van der Waals surface area contributed by atoms with Crippen molar-refractivity contribution in [1.29, 1.82) is 0 Å². The average molecular weight is 304 g/mol. The van der Waals surface area contributed by atoms with Gasteiger partial charge in [0.05, 0.1) is 17.9 Å². The summed E-state index contributed by atoms with van der Waals surface area (Å²) < 4.78 is 0. The Morgan fingerprint density at radius 1 is 1.32 bits per heavy atom. The standard InChI is InChI=1S/C16H24N4O2/c1-3-4-8-20(2)9-7-17-16(22)12-5-6-13-14(10-12)19-15(21)11-18-13/h5-6,10,18H,3-4,7-9,11H2,1-2H3,(H,17,22)(H,19,21). The average Bonchev–Trinajstić information content (AvgIpc) is 2.52. The molecule has 0 saturated heterocycles. The Hall–Kier alpha value is -2.08. The maximum atomic E-state index is 12.1. The number of amides is 2. The van der Waals surface area contributed by atoms with Gasteiger partial charge in [0, 0.05) is 18.7 Å². The second-order valence-corrected chi connectivity index (χ2v) is 5.57. The van der Waals surface area contributed by atoms with E-state index in [4.69, 9.17) is 0 Å². The summed E-state index contributed by atoms with van der Waals surface area (Å²) in [6.07, 6.45) is 2.34. The van der Waals surface area contributed by atoms with E-state index in [1.165, 1.54) is 12.8 Å². The molecule has 2 amide bonds. The number of likely N-dealkylation sites (N-methyl/N-ethyl adjacent to an activating group) is 1. The fourth-order valence-electron chi connectivity index (χ4n) is 2.32. The molecule has 120 valence electrons. The number of hydrogen-bond donors (Lipinski definition) is 3. The van der Waals surface area contributed by atoms with E-state index in [2.05, 4.69) is 34.8 Å². The molecule has 6 nitrogen and oxygen atoms in total. The zero-order chi connectivity index (χ0) is 15.9. The maximum absolute atomic E-state index is 12.1. The summed E-state index contributed by atoms with van der Waals surface area (Å²) in [5, 5.41) is 8.68. The van der Waals surface area contributed by atoms with Crippen LogP contribution in [-0.4, -0.2) is 49.9 Å². The predicted octanol–water partition coefficient (Wildman–Crippen LogP) is 1.51. The molecule has 0 aliphatic carbocycles. The lowest BCUT2D eigenvalue weighted by molar-refractivity contribution is -0.114. The van der Waals surface area contributed by atoms with Crippen molar-refractivity contribution in [3.05, 3.63) is 23.8 Å². The number of nitrogens with zero attached hydrogens (tertiary/aromatic N) is 1. The quantitative estimate of drug-likeness (QED) is 0.714. The number of carbonyl (C=O) groups is 2. The molecule has 1 aromatic rings. The fraction of sp³-hybridized carbons (Fsp3) is 0.500. The van der Waals surface area contributed by atoms with Gasteiger partial charge >= 0.3 is 0 Å². The normalized spacial score (nSPS) is 13.3. The van der Waals surface area contributed by atoms with E-state index in [1.807, 2.05) is 6.07 Å². The second kappa shape index (κ2) is 7.79. The number of nitrogens with one attached hydrogen (secondary N) is 3. The highest BCUT2D eigenvalue weighted by atomic mass is 16.2. The molecule has 2 rings (SSSR count). The van der Waals surface area contributed by atoms with Crippen LogP contribution in [0.3, 0.4) is 0 Å². The first-order valence-electron chi connectivity index (χ1n) is 7.74. The number of benzene rings is 1. The zero-order valence-electron chi connectivity index (χ0n) is 13.2. The number of fused-ring (bicyclic) bond motifs is 1. The van der Waals surface area contributed by atoms with E-state index in [-0.39, 0.29) is 18.4 Å². The molecule has 1 aromatic carbocycles. The minimum Gasteiger partial charge on any atom is -0.374 e. The van der Waals surface area contributed by atoms with Crippen LogP contribution >= 0.6 is 0 Å². The largest absolute Gasteiger partial charge is 0.374 e. The van der Waals surface area contributed by atoms with Gasteiger partial charge in [-0.1, -0.05) is 13.3 Å². The number of unbranched alkanes of at least 4 members (excludes halogenated alkanes) is 1. The third-order valence-electron chi connectivity index (χ3n) is 3.67. The Bertz CT molecular complexity index is 545. The highest BCUT2D eigenvalue weighted by molar-refractivity contribution is 6.03. The van der Waals surface area contributed by atoms with Gasteiger partial charge in [-0.05, 0) is 38.2 Å². The van der Waals surface area contributed by atoms with Crippen molar-refractivity contribution in [3.63, 3.8) is 0 Å². The van der Waals surface area contributed by atoms with Crippen molar-refractivity contribution in [2.24, 2.45) is 0 Å². The SMILES string of the molecule is CCCCN(C)CCNC(=O)c1ccc2c(c1)NC(=O)CN2. The van der Waals surface area contributed by atoms with E-state index < -0.39 is 0 Å². The van der Waals surface area contributed by atoms with Crippen LogP contribution in [0.15, 0.2) is 18.2 Å². The van der Waals surface area contributed by atoms with E-state index in [9.17, 15) is 9.59 Å². The molecular formula is C16H24N4O2. The van der Waals surface area contributed by atoms with Gasteiger partial charge in [-0.2, -0.15) is 0 Å². The van der Waals surface area contributed by atoms with Crippen LogP contribution in [0, 0.1) is 0 Å². The Kier molecular flexibility index (Phi) is 5.77.